The number of hydrogen-bond donors (Lipinski definition) is 3. The molecule has 2 N–H and O–H groups in total. The van der Waals surface area contributed by atoms with Crippen LogP contribution in [0.5, 0.6) is 0 Å². The van der Waals surface area contributed by atoms with Crippen LogP contribution in [0.1, 0.15) is 27.7 Å². The molecule has 1 fully saturated rings. The second-order valence-electron chi connectivity index (χ2n) is 8.05. The predicted molar refractivity (Wildman–Crippen MR) is 116 cm³/mol. The van der Waals surface area contributed by atoms with Gasteiger partial charge in [-0.2, -0.15) is 0 Å². The van der Waals surface area contributed by atoms with Gasteiger partial charge < -0.3 is 14.0 Å². The van der Waals surface area contributed by atoms with Crippen molar-refractivity contribution in [3.8, 4) is 11.1 Å². The summed E-state index contributed by atoms with van der Waals surface area (Å²) in [4.78, 5) is 0. The van der Waals surface area contributed by atoms with Gasteiger partial charge in [0.15, 0.2) is 0 Å². The van der Waals surface area contributed by atoms with Crippen LogP contribution in [0.4, 0.5) is 5.69 Å². The van der Waals surface area contributed by atoms with E-state index in [0.29, 0.717) is 0 Å². The van der Waals surface area contributed by atoms with E-state index in [1.165, 1.54) is 0 Å². The minimum atomic E-state index is -2.55. The highest BCUT2D eigenvalue weighted by Crippen LogP contribution is 2.36. The van der Waals surface area contributed by atoms with Crippen molar-refractivity contribution in [2.75, 3.05) is 18.0 Å². The maximum absolute atomic E-state index is 12.1. The summed E-state index contributed by atoms with van der Waals surface area (Å²) >= 11 is 0. The molecule has 1 aliphatic heterocycles. The summed E-state index contributed by atoms with van der Waals surface area (Å²) < 4.78 is 30.1. The number of benzene rings is 2. The summed E-state index contributed by atoms with van der Waals surface area (Å²) in [6.07, 6.45) is 1.66. The Morgan fingerprint density at radius 3 is 1.74 bits per heavy atom. The van der Waals surface area contributed by atoms with Gasteiger partial charge in [0.1, 0.15) is 0 Å². The predicted octanol–water partition coefficient (Wildman–Crippen LogP) is 2.76. The van der Waals surface area contributed by atoms with E-state index in [9.17, 15) is 4.21 Å². The summed E-state index contributed by atoms with van der Waals surface area (Å²) in [5, 5.41) is 0. The zero-order chi connectivity index (χ0) is 19.9. The average Bonchev–Trinajstić information content (AvgIpc) is 2.83. The molecule has 0 atom stereocenters. The van der Waals surface area contributed by atoms with Crippen molar-refractivity contribution in [2.45, 2.75) is 38.9 Å². The molecule has 27 heavy (non-hydrogen) atoms. The maximum atomic E-state index is 12.1. The van der Waals surface area contributed by atoms with Crippen LogP contribution >= 0.6 is 0 Å². The first kappa shape index (κ1) is 20.1. The summed E-state index contributed by atoms with van der Waals surface area (Å²) in [7, 11) is -1.22. The molecule has 1 saturated heterocycles. The quantitative estimate of drug-likeness (QED) is 0.545. The van der Waals surface area contributed by atoms with Gasteiger partial charge in [-0.05, 0) is 63.5 Å². The molecule has 0 aromatic heterocycles. The standard InChI is InChI=1S/C20H29BN2O3S/c1-19(2)20(3,4)26-21(25-19)17-11-7-15(8-12-17)16-9-13-18(14-10-16)23-27(6,24)22-5/h7-14,27H,1-6H3,(H2,22,23,24). The van der Waals surface area contributed by atoms with Crippen LogP contribution in [-0.2, 0) is 19.6 Å². The first-order chi connectivity index (χ1) is 12.5. The number of thiol groups is 1. The van der Waals surface area contributed by atoms with Crippen LogP contribution in [0.2, 0.25) is 0 Å². The molecule has 0 aliphatic carbocycles. The highest BCUT2D eigenvalue weighted by Gasteiger charge is 2.51. The number of nitrogens with one attached hydrogen (secondary N) is 2. The lowest BCUT2D eigenvalue weighted by molar-refractivity contribution is 0.00578. The molecule has 0 bridgehead atoms. The first-order valence-electron chi connectivity index (χ1n) is 9.14. The van der Waals surface area contributed by atoms with Gasteiger partial charge in [0.05, 0.1) is 11.2 Å². The normalized spacial score (nSPS) is 19.1. The molecule has 1 aliphatic rings. The zero-order valence-corrected chi connectivity index (χ0v) is 17.8. The second kappa shape index (κ2) is 7.06. The van der Waals surface area contributed by atoms with Crippen LogP contribution in [-0.4, -0.2) is 35.8 Å². The monoisotopic (exact) mass is 388 g/mol. The Balaban J connectivity index is 1.74. The van der Waals surface area contributed by atoms with Crippen LogP contribution in [0, 0.1) is 0 Å². The van der Waals surface area contributed by atoms with Crippen molar-refractivity contribution >= 4 is 28.6 Å². The third-order valence-electron chi connectivity index (χ3n) is 5.42. The lowest BCUT2D eigenvalue weighted by Crippen LogP contribution is -2.41. The third kappa shape index (κ3) is 4.27. The van der Waals surface area contributed by atoms with Gasteiger partial charge >= 0.3 is 7.12 Å². The van der Waals surface area contributed by atoms with Crippen molar-refractivity contribution in [1.29, 1.82) is 0 Å². The third-order valence-corrected chi connectivity index (χ3v) is 6.96. The van der Waals surface area contributed by atoms with E-state index in [2.05, 4.69) is 49.3 Å². The van der Waals surface area contributed by atoms with E-state index in [0.717, 1.165) is 22.3 Å². The van der Waals surface area contributed by atoms with Crippen molar-refractivity contribution in [1.82, 2.24) is 4.72 Å². The van der Waals surface area contributed by atoms with Gasteiger partial charge in [-0.15, -0.1) is 0 Å². The second-order valence-corrected chi connectivity index (χ2v) is 10.6. The van der Waals surface area contributed by atoms with Gasteiger partial charge in [0.2, 0.25) is 0 Å². The van der Waals surface area contributed by atoms with Gasteiger partial charge in [0.25, 0.3) is 0 Å². The number of rotatable bonds is 5. The molecule has 5 nitrogen and oxygen atoms in total. The van der Waals surface area contributed by atoms with E-state index in [1.807, 2.05) is 36.4 Å². The van der Waals surface area contributed by atoms with E-state index in [4.69, 9.17) is 9.31 Å². The summed E-state index contributed by atoms with van der Waals surface area (Å²) in [5.41, 5.74) is 3.35. The fourth-order valence-corrected chi connectivity index (χ4v) is 3.60. The molecular formula is C20H29BN2O3S. The Hall–Kier alpha value is -1.67. The van der Waals surface area contributed by atoms with Crippen molar-refractivity contribution in [3.05, 3.63) is 48.5 Å². The Morgan fingerprint density at radius 2 is 1.30 bits per heavy atom. The molecule has 146 valence electrons. The highest BCUT2D eigenvalue weighted by atomic mass is 32.3. The van der Waals surface area contributed by atoms with Crippen molar-refractivity contribution in [3.63, 3.8) is 0 Å². The Bertz CT molecular complexity index is 835. The van der Waals surface area contributed by atoms with E-state index in [-0.39, 0.29) is 18.3 Å². The molecule has 1 heterocycles. The van der Waals surface area contributed by atoms with Crippen LogP contribution in [0.15, 0.2) is 48.5 Å². The summed E-state index contributed by atoms with van der Waals surface area (Å²) in [6.45, 7) is 8.22. The van der Waals surface area contributed by atoms with Crippen LogP contribution in [0.3, 0.4) is 0 Å². The fourth-order valence-electron chi connectivity index (χ4n) is 2.85. The highest BCUT2D eigenvalue weighted by molar-refractivity contribution is 8.01. The van der Waals surface area contributed by atoms with E-state index in [1.54, 1.807) is 13.3 Å². The molecular weight excluding hydrogens is 359 g/mol. The minimum absolute atomic E-state index is 0.342. The number of anilines is 1. The SMILES string of the molecule is CN[SH](C)(=O)Nc1ccc(-c2ccc(B3OC(C)(C)C(C)(C)O3)cc2)cc1. The maximum Gasteiger partial charge on any atom is 0.494 e. The topological polar surface area (TPSA) is 59.6 Å². The molecule has 3 rings (SSSR count). The summed E-state index contributed by atoms with van der Waals surface area (Å²) in [5.74, 6) is 0. The fraction of sp³-hybridized carbons (Fsp3) is 0.400. The van der Waals surface area contributed by atoms with Crippen molar-refractivity contribution in [2.24, 2.45) is 0 Å². The largest absolute Gasteiger partial charge is 0.494 e. The zero-order valence-electron chi connectivity index (χ0n) is 16.9. The van der Waals surface area contributed by atoms with Crippen molar-refractivity contribution < 1.29 is 13.5 Å². The lowest BCUT2D eigenvalue weighted by Gasteiger charge is -2.32. The van der Waals surface area contributed by atoms with Crippen LogP contribution < -0.4 is 14.9 Å². The van der Waals surface area contributed by atoms with E-state index < -0.39 is 10.3 Å². The average molecular weight is 388 g/mol. The van der Waals surface area contributed by atoms with Gasteiger partial charge in [-0.25, -0.2) is 4.72 Å². The lowest BCUT2D eigenvalue weighted by atomic mass is 9.78. The minimum Gasteiger partial charge on any atom is -0.399 e. The van der Waals surface area contributed by atoms with Gasteiger partial charge in [-0.3, -0.25) is 4.21 Å². The molecule has 7 heteroatoms. The molecule has 0 unspecified atom stereocenters. The van der Waals surface area contributed by atoms with Crippen LogP contribution in [0.25, 0.3) is 11.1 Å². The van der Waals surface area contributed by atoms with Gasteiger partial charge in [-0.1, -0.05) is 36.4 Å². The molecule has 0 amide bonds. The van der Waals surface area contributed by atoms with Gasteiger partial charge in [0, 0.05) is 22.2 Å². The molecule has 0 saturated carbocycles. The Morgan fingerprint density at radius 1 is 0.852 bits per heavy atom. The smallest absolute Gasteiger partial charge is 0.399 e. The molecule has 0 spiro atoms. The Kier molecular flexibility index (Phi) is 5.25. The number of hydrogen-bond acceptors (Lipinski definition) is 3. The van der Waals surface area contributed by atoms with E-state index >= 15 is 0 Å². The summed E-state index contributed by atoms with van der Waals surface area (Å²) in [6, 6.07) is 16.1. The molecule has 2 aromatic carbocycles. The molecule has 0 radical (unpaired) electrons. The molecule has 2 aromatic rings. The Labute approximate surface area is 163 Å². The first-order valence-corrected chi connectivity index (χ1v) is 11.3.